The summed E-state index contributed by atoms with van der Waals surface area (Å²) in [6.07, 6.45) is 4.33. The molecule has 2 rings (SSSR count). The Bertz CT molecular complexity index is 520. The first-order valence-corrected chi connectivity index (χ1v) is 11.0. The van der Waals surface area contributed by atoms with Crippen LogP contribution in [-0.2, 0) is 23.3 Å². The number of ether oxygens (including phenoxy) is 1. The number of alkyl halides is 3. The van der Waals surface area contributed by atoms with Gasteiger partial charge in [-0.15, -0.1) is 10.3 Å². The van der Waals surface area contributed by atoms with Crippen molar-refractivity contribution >= 4 is 26.2 Å². The number of hydrogen-bond donors (Lipinski definition) is 0. The van der Waals surface area contributed by atoms with Gasteiger partial charge >= 0.3 is 15.6 Å². The average molecular weight is 378 g/mol. The Morgan fingerprint density at radius 2 is 1.70 bits per heavy atom. The molecule has 0 atom stereocenters. The van der Waals surface area contributed by atoms with Crippen molar-refractivity contribution in [1.29, 1.82) is 0 Å². The Labute approximate surface area is 135 Å². The van der Waals surface area contributed by atoms with Crippen molar-refractivity contribution in [3.05, 3.63) is 0 Å². The number of carbonyl (C=O) groups excluding carboxylic acids is 1. The smallest absolute Gasteiger partial charge is 0.380 e. The van der Waals surface area contributed by atoms with E-state index >= 15 is 0 Å². The fraction of sp³-hybridized carbons (Fsp3) is 0.923. The van der Waals surface area contributed by atoms with Crippen molar-refractivity contribution in [3.63, 3.8) is 0 Å². The Balaban J connectivity index is 2.14. The molecular formula is C13H21F3O5S2. The summed E-state index contributed by atoms with van der Waals surface area (Å²) in [5.41, 5.74) is -5.47. The second-order valence-corrected chi connectivity index (χ2v) is 10.9. The molecule has 0 aromatic carbocycles. The molecule has 0 N–H and O–H groups in total. The lowest BCUT2D eigenvalue weighted by Crippen LogP contribution is -2.37. The van der Waals surface area contributed by atoms with Gasteiger partial charge in [-0.25, -0.2) is 3.63 Å². The number of halogens is 3. The molecule has 0 spiro atoms. The van der Waals surface area contributed by atoms with Crippen LogP contribution < -0.4 is 0 Å². The Kier molecular flexibility index (Phi) is 6.02. The maximum Gasteiger partial charge on any atom is 0.523 e. The highest BCUT2D eigenvalue weighted by Gasteiger charge is 2.51. The first-order valence-electron chi connectivity index (χ1n) is 7.54. The van der Waals surface area contributed by atoms with E-state index in [2.05, 4.69) is 3.63 Å². The van der Waals surface area contributed by atoms with Gasteiger partial charge in [-0.2, -0.15) is 21.6 Å². The maximum absolute atomic E-state index is 12.6. The molecule has 1 aliphatic carbocycles. The number of rotatable bonds is 5. The van der Waals surface area contributed by atoms with E-state index in [1.54, 1.807) is 0 Å². The van der Waals surface area contributed by atoms with Crippen LogP contribution in [0.15, 0.2) is 0 Å². The van der Waals surface area contributed by atoms with E-state index < -0.39 is 25.9 Å². The third-order valence-corrected chi connectivity index (χ3v) is 9.25. The van der Waals surface area contributed by atoms with Gasteiger partial charge in [-0.05, 0) is 12.8 Å². The van der Waals surface area contributed by atoms with Crippen molar-refractivity contribution < 1.29 is 34.7 Å². The predicted molar refractivity (Wildman–Crippen MR) is 80.7 cm³/mol. The summed E-state index contributed by atoms with van der Waals surface area (Å²) in [5.74, 6) is -0.495. The zero-order chi connectivity index (χ0) is 17.1. The van der Waals surface area contributed by atoms with Crippen LogP contribution in [0.3, 0.4) is 0 Å². The highest BCUT2D eigenvalue weighted by Crippen LogP contribution is 2.54. The van der Waals surface area contributed by atoms with Crippen LogP contribution in [0.4, 0.5) is 13.2 Å². The van der Waals surface area contributed by atoms with E-state index in [-0.39, 0.29) is 42.2 Å². The molecule has 1 aliphatic heterocycles. The molecule has 2 aliphatic rings. The summed E-state index contributed by atoms with van der Waals surface area (Å²) in [7, 11) is -8.37. The summed E-state index contributed by atoms with van der Waals surface area (Å²) >= 11 is 0. The van der Waals surface area contributed by atoms with E-state index in [0.717, 1.165) is 32.1 Å². The van der Waals surface area contributed by atoms with Crippen molar-refractivity contribution in [1.82, 2.24) is 0 Å². The third-order valence-electron chi connectivity index (χ3n) is 4.18. The molecule has 0 radical (unpaired) electrons. The highest BCUT2D eigenvalue weighted by atomic mass is 32.3. The van der Waals surface area contributed by atoms with Gasteiger partial charge < -0.3 is 4.74 Å². The molecule has 1 saturated carbocycles. The highest BCUT2D eigenvalue weighted by molar-refractivity contribution is 8.33. The summed E-state index contributed by atoms with van der Waals surface area (Å²) in [4.78, 5) is 12.4. The van der Waals surface area contributed by atoms with Crippen molar-refractivity contribution in [2.45, 2.75) is 37.6 Å². The predicted octanol–water partition coefficient (Wildman–Crippen LogP) is 2.75. The number of Topliss-reactive ketones (excluding diaryl/α,β-unsaturated/α-hetero) is 1. The van der Waals surface area contributed by atoms with Gasteiger partial charge in [-0.3, -0.25) is 4.79 Å². The van der Waals surface area contributed by atoms with Gasteiger partial charge in [0.2, 0.25) is 0 Å². The second-order valence-electron chi connectivity index (χ2n) is 5.90. The maximum atomic E-state index is 12.6. The molecule has 0 amide bonds. The minimum Gasteiger partial charge on any atom is -0.380 e. The Hall–Kier alpha value is -0.320. The summed E-state index contributed by atoms with van der Waals surface area (Å²) in [5, 5.41) is 0. The molecule has 0 aromatic rings. The topological polar surface area (TPSA) is 69.7 Å². The molecule has 10 heteroatoms. The van der Waals surface area contributed by atoms with Gasteiger partial charge in [0, 0.05) is 17.4 Å². The fourth-order valence-electron chi connectivity index (χ4n) is 2.89. The largest absolute Gasteiger partial charge is 0.523 e. The van der Waals surface area contributed by atoms with Crippen LogP contribution in [0, 0.1) is 5.92 Å². The molecule has 0 aromatic heterocycles. The third kappa shape index (κ3) is 4.83. The molecule has 0 bridgehead atoms. The van der Waals surface area contributed by atoms with Gasteiger partial charge in [0.05, 0.1) is 19.0 Å². The summed E-state index contributed by atoms with van der Waals surface area (Å²) < 4.78 is 70.4. The fourth-order valence-corrected chi connectivity index (χ4v) is 7.55. The monoisotopic (exact) mass is 378 g/mol. The molecule has 2 fully saturated rings. The van der Waals surface area contributed by atoms with Crippen LogP contribution >= 0.6 is 10.3 Å². The van der Waals surface area contributed by atoms with Crippen LogP contribution in [0.25, 0.3) is 0 Å². The van der Waals surface area contributed by atoms with E-state index in [0.29, 0.717) is 0 Å². The second kappa shape index (κ2) is 7.28. The van der Waals surface area contributed by atoms with Crippen LogP contribution in [-0.4, -0.2) is 50.2 Å². The normalized spacial score (nSPS) is 25.0. The van der Waals surface area contributed by atoms with Crippen LogP contribution in [0.1, 0.15) is 32.1 Å². The van der Waals surface area contributed by atoms with Crippen LogP contribution in [0.2, 0.25) is 0 Å². The quantitative estimate of drug-likeness (QED) is 0.688. The van der Waals surface area contributed by atoms with E-state index in [9.17, 15) is 26.4 Å². The lowest BCUT2D eigenvalue weighted by molar-refractivity contribution is -0.121. The van der Waals surface area contributed by atoms with Gasteiger partial charge in [0.25, 0.3) is 0 Å². The minimum atomic E-state index is -5.70. The van der Waals surface area contributed by atoms with E-state index in [1.807, 2.05) is 0 Å². The van der Waals surface area contributed by atoms with Crippen LogP contribution in [0.5, 0.6) is 0 Å². The Morgan fingerprint density at radius 1 is 1.13 bits per heavy atom. The summed E-state index contributed by atoms with van der Waals surface area (Å²) in [6, 6.07) is 0. The average Bonchev–Trinajstić information content (AvgIpc) is 2.47. The minimum absolute atomic E-state index is 0.0424. The lowest BCUT2D eigenvalue weighted by Gasteiger charge is -2.41. The van der Waals surface area contributed by atoms with E-state index in [1.165, 1.54) is 0 Å². The zero-order valence-corrected chi connectivity index (χ0v) is 14.3. The number of hydrogen-bond acceptors (Lipinski definition) is 5. The molecular weight excluding hydrogens is 357 g/mol. The molecule has 0 unspecified atom stereocenters. The number of ketones is 1. The van der Waals surface area contributed by atoms with Gasteiger partial charge in [0.15, 0.2) is 0 Å². The van der Waals surface area contributed by atoms with Gasteiger partial charge in [-0.1, -0.05) is 19.3 Å². The molecule has 1 heterocycles. The molecule has 136 valence electrons. The molecule has 1 saturated heterocycles. The van der Waals surface area contributed by atoms with Crippen molar-refractivity contribution in [3.8, 4) is 0 Å². The first kappa shape index (κ1) is 19.0. The lowest BCUT2D eigenvalue weighted by atomic mass is 9.87. The molecule has 5 nitrogen and oxygen atoms in total. The van der Waals surface area contributed by atoms with Crippen molar-refractivity contribution in [2.24, 2.45) is 5.92 Å². The summed E-state index contributed by atoms with van der Waals surface area (Å²) in [6.45, 7) is 0.224. The SMILES string of the molecule is O=C(CS1(OS(=O)(=O)C(F)(F)F)CCOCC1)C1CCCCC1. The number of carbonyl (C=O) groups is 1. The Morgan fingerprint density at radius 3 is 2.22 bits per heavy atom. The standard InChI is InChI=1S/C13H21F3O5S2/c14-13(15,16)23(18,19)21-22(8-6-20-7-9-22)10-12(17)11-4-2-1-3-5-11/h11H,1-10H2. The zero-order valence-electron chi connectivity index (χ0n) is 12.6. The van der Waals surface area contributed by atoms with Gasteiger partial charge in [0.1, 0.15) is 5.78 Å². The van der Waals surface area contributed by atoms with E-state index in [4.69, 9.17) is 4.74 Å². The van der Waals surface area contributed by atoms with Crippen molar-refractivity contribution in [2.75, 3.05) is 30.5 Å². The first-order chi connectivity index (χ1) is 10.7. The molecule has 23 heavy (non-hydrogen) atoms.